The second-order valence-corrected chi connectivity index (χ2v) is 3.09. The number of rotatable bonds is 3. The predicted octanol–water partition coefficient (Wildman–Crippen LogP) is 3.31. The lowest BCUT2D eigenvalue weighted by Gasteiger charge is -2.06. The standard InChI is InChI=1S/C14H15N/c1-4-9-14(15-6-3)13-11-8-7-10-12(13)5-2/h1,6-11H,5H2,2-3H3/b14-9-,15-6?. The van der Waals surface area contributed by atoms with Crippen molar-refractivity contribution >= 4 is 11.9 Å². The monoisotopic (exact) mass is 197 g/mol. The highest BCUT2D eigenvalue weighted by molar-refractivity contribution is 5.75. The fourth-order valence-electron chi connectivity index (χ4n) is 1.48. The highest BCUT2D eigenvalue weighted by atomic mass is 14.7. The molecule has 0 unspecified atom stereocenters. The van der Waals surface area contributed by atoms with E-state index < -0.39 is 0 Å². The molecule has 0 heterocycles. The molecule has 0 fully saturated rings. The van der Waals surface area contributed by atoms with E-state index in [0.717, 1.165) is 17.7 Å². The van der Waals surface area contributed by atoms with Gasteiger partial charge in [0.2, 0.25) is 0 Å². The molecule has 0 bridgehead atoms. The predicted molar refractivity (Wildman–Crippen MR) is 66.8 cm³/mol. The van der Waals surface area contributed by atoms with Gasteiger partial charge in [0.25, 0.3) is 0 Å². The summed E-state index contributed by atoms with van der Waals surface area (Å²) in [4.78, 5) is 4.29. The van der Waals surface area contributed by atoms with E-state index in [9.17, 15) is 0 Å². The number of allylic oxidation sites excluding steroid dienone is 1. The van der Waals surface area contributed by atoms with Crippen LogP contribution in [-0.4, -0.2) is 6.21 Å². The van der Waals surface area contributed by atoms with Crippen molar-refractivity contribution in [3.8, 4) is 12.3 Å². The molecule has 0 aliphatic heterocycles. The number of aliphatic imine (C=N–C) groups is 1. The van der Waals surface area contributed by atoms with Crippen molar-refractivity contribution in [1.29, 1.82) is 0 Å². The van der Waals surface area contributed by atoms with Crippen molar-refractivity contribution in [2.45, 2.75) is 20.3 Å². The summed E-state index contributed by atoms with van der Waals surface area (Å²) in [6, 6.07) is 8.19. The highest BCUT2D eigenvalue weighted by Gasteiger charge is 2.03. The van der Waals surface area contributed by atoms with Gasteiger partial charge in [-0.15, -0.1) is 6.42 Å². The third kappa shape index (κ3) is 2.82. The molecule has 0 aromatic heterocycles. The van der Waals surface area contributed by atoms with Crippen LogP contribution in [0, 0.1) is 12.3 Å². The number of hydrogen-bond acceptors (Lipinski definition) is 1. The molecule has 0 saturated carbocycles. The Bertz CT molecular complexity index is 419. The van der Waals surface area contributed by atoms with Crippen LogP contribution in [0.5, 0.6) is 0 Å². The van der Waals surface area contributed by atoms with Crippen molar-refractivity contribution in [3.63, 3.8) is 0 Å². The van der Waals surface area contributed by atoms with E-state index in [-0.39, 0.29) is 0 Å². The van der Waals surface area contributed by atoms with Gasteiger partial charge in [0, 0.05) is 17.9 Å². The lowest BCUT2D eigenvalue weighted by Crippen LogP contribution is -1.90. The molecular weight excluding hydrogens is 182 g/mol. The Balaban J connectivity index is 3.23. The number of nitrogens with zero attached hydrogens (tertiary/aromatic N) is 1. The maximum absolute atomic E-state index is 5.29. The molecule has 0 aliphatic carbocycles. The summed E-state index contributed by atoms with van der Waals surface area (Å²) in [6.07, 6.45) is 9.73. The van der Waals surface area contributed by atoms with Crippen molar-refractivity contribution in [3.05, 3.63) is 41.5 Å². The first-order valence-corrected chi connectivity index (χ1v) is 5.06. The zero-order chi connectivity index (χ0) is 11.1. The van der Waals surface area contributed by atoms with Gasteiger partial charge in [-0.05, 0) is 18.9 Å². The van der Waals surface area contributed by atoms with E-state index in [0.29, 0.717) is 0 Å². The minimum absolute atomic E-state index is 0.859. The molecule has 0 radical (unpaired) electrons. The SMILES string of the molecule is C#C/C=C(\N=CC)c1ccccc1CC. The minimum Gasteiger partial charge on any atom is -0.260 e. The first-order valence-electron chi connectivity index (χ1n) is 5.06. The topological polar surface area (TPSA) is 12.4 Å². The van der Waals surface area contributed by atoms with Crippen LogP contribution >= 0.6 is 0 Å². The Hall–Kier alpha value is -1.81. The smallest absolute Gasteiger partial charge is 0.0783 e. The first-order chi connectivity index (χ1) is 7.33. The van der Waals surface area contributed by atoms with E-state index in [4.69, 9.17) is 6.42 Å². The molecular formula is C14H15N. The second kappa shape index (κ2) is 5.82. The maximum Gasteiger partial charge on any atom is 0.0783 e. The van der Waals surface area contributed by atoms with Gasteiger partial charge in [-0.3, -0.25) is 4.99 Å². The van der Waals surface area contributed by atoms with Crippen LogP contribution in [-0.2, 0) is 6.42 Å². The normalized spacial score (nSPS) is 11.7. The summed E-state index contributed by atoms with van der Waals surface area (Å²) in [7, 11) is 0. The number of aryl methyl sites for hydroxylation is 1. The molecule has 0 amide bonds. The molecule has 1 heteroatoms. The number of benzene rings is 1. The van der Waals surface area contributed by atoms with Crippen molar-refractivity contribution in [2.75, 3.05) is 0 Å². The van der Waals surface area contributed by atoms with Crippen LogP contribution in [0.1, 0.15) is 25.0 Å². The fraction of sp³-hybridized carbons (Fsp3) is 0.214. The summed E-state index contributed by atoms with van der Waals surface area (Å²) in [5.41, 5.74) is 3.25. The van der Waals surface area contributed by atoms with Crippen molar-refractivity contribution in [2.24, 2.45) is 4.99 Å². The Kier molecular flexibility index (Phi) is 4.37. The van der Waals surface area contributed by atoms with E-state index in [1.165, 1.54) is 5.56 Å². The van der Waals surface area contributed by atoms with Crippen molar-refractivity contribution < 1.29 is 0 Å². The highest BCUT2D eigenvalue weighted by Crippen LogP contribution is 2.20. The van der Waals surface area contributed by atoms with Crippen LogP contribution < -0.4 is 0 Å². The summed E-state index contributed by atoms with van der Waals surface area (Å²) >= 11 is 0. The zero-order valence-electron chi connectivity index (χ0n) is 9.20. The first kappa shape index (κ1) is 11.3. The summed E-state index contributed by atoms with van der Waals surface area (Å²) in [6.45, 7) is 4.01. The zero-order valence-corrected chi connectivity index (χ0v) is 9.20. The Labute approximate surface area is 91.6 Å². The molecule has 1 nitrogen and oxygen atoms in total. The van der Waals surface area contributed by atoms with Crippen molar-refractivity contribution in [1.82, 2.24) is 0 Å². The van der Waals surface area contributed by atoms with Crippen LogP contribution in [0.2, 0.25) is 0 Å². The lowest BCUT2D eigenvalue weighted by molar-refractivity contribution is 1.13. The van der Waals surface area contributed by atoms with Gasteiger partial charge < -0.3 is 0 Å². The quantitative estimate of drug-likeness (QED) is 0.520. The molecule has 0 saturated heterocycles. The third-order valence-corrected chi connectivity index (χ3v) is 2.16. The van der Waals surface area contributed by atoms with Crippen LogP contribution in [0.3, 0.4) is 0 Å². The van der Waals surface area contributed by atoms with E-state index in [1.807, 2.05) is 19.1 Å². The molecule has 1 aromatic carbocycles. The third-order valence-electron chi connectivity index (χ3n) is 2.16. The van der Waals surface area contributed by atoms with Crippen LogP contribution in [0.25, 0.3) is 5.70 Å². The molecule has 0 aliphatic rings. The molecule has 15 heavy (non-hydrogen) atoms. The molecule has 1 rings (SSSR count). The summed E-state index contributed by atoms with van der Waals surface area (Å²) in [5.74, 6) is 2.53. The van der Waals surface area contributed by atoms with Crippen LogP contribution in [0.4, 0.5) is 0 Å². The molecule has 0 atom stereocenters. The molecule has 0 N–H and O–H groups in total. The minimum atomic E-state index is 0.859. The maximum atomic E-state index is 5.29. The van der Waals surface area contributed by atoms with E-state index >= 15 is 0 Å². The number of terminal acetylenes is 1. The second-order valence-electron chi connectivity index (χ2n) is 3.09. The largest absolute Gasteiger partial charge is 0.260 e. The molecule has 76 valence electrons. The Morgan fingerprint density at radius 3 is 2.80 bits per heavy atom. The van der Waals surface area contributed by atoms with Gasteiger partial charge in [-0.25, -0.2) is 0 Å². The van der Waals surface area contributed by atoms with Gasteiger partial charge in [-0.2, -0.15) is 0 Å². The van der Waals surface area contributed by atoms with Gasteiger partial charge in [0.05, 0.1) is 5.70 Å². The Morgan fingerprint density at radius 1 is 1.47 bits per heavy atom. The van der Waals surface area contributed by atoms with E-state index in [2.05, 4.69) is 30.0 Å². The average Bonchev–Trinajstić information content (AvgIpc) is 2.29. The average molecular weight is 197 g/mol. The van der Waals surface area contributed by atoms with Gasteiger partial charge in [-0.1, -0.05) is 37.1 Å². The van der Waals surface area contributed by atoms with Gasteiger partial charge >= 0.3 is 0 Å². The van der Waals surface area contributed by atoms with E-state index in [1.54, 1.807) is 12.3 Å². The summed E-state index contributed by atoms with van der Waals surface area (Å²) < 4.78 is 0. The van der Waals surface area contributed by atoms with Gasteiger partial charge in [0.15, 0.2) is 0 Å². The lowest BCUT2D eigenvalue weighted by atomic mass is 10.0. The Morgan fingerprint density at radius 2 is 2.20 bits per heavy atom. The number of hydrogen-bond donors (Lipinski definition) is 0. The molecule has 1 aromatic rings. The molecule has 0 spiro atoms. The van der Waals surface area contributed by atoms with Crippen LogP contribution in [0.15, 0.2) is 35.3 Å². The van der Waals surface area contributed by atoms with Gasteiger partial charge in [0.1, 0.15) is 0 Å². The fourth-order valence-corrected chi connectivity index (χ4v) is 1.48. The summed E-state index contributed by atoms with van der Waals surface area (Å²) in [5, 5.41) is 0.